The highest BCUT2D eigenvalue weighted by molar-refractivity contribution is 7.89. The number of amides is 1. The molecule has 1 aliphatic rings. The molecule has 0 spiro atoms. The number of halogens is 1. The van der Waals surface area contributed by atoms with Gasteiger partial charge in [-0.1, -0.05) is 0 Å². The second-order valence-electron chi connectivity index (χ2n) is 5.79. The van der Waals surface area contributed by atoms with E-state index in [1.165, 1.54) is 23.1 Å². The van der Waals surface area contributed by atoms with Gasteiger partial charge >= 0.3 is 5.69 Å². The molecule has 0 fully saturated rings. The Morgan fingerprint density at radius 2 is 2.04 bits per heavy atom. The number of nitrogens with zero attached hydrogens (tertiary/aromatic N) is 2. The lowest BCUT2D eigenvalue weighted by Gasteiger charge is -2.17. The topological polar surface area (TPSA) is 133 Å². The molecule has 0 aliphatic carbocycles. The van der Waals surface area contributed by atoms with Crippen LogP contribution in [0.2, 0.25) is 0 Å². The van der Waals surface area contributed by atoms with Gasteiger partial charge in [0.2, 0.25) is 15.8 Å². The van der Waals surface area contributed by atoms with E-state index in [-0.39, 0.29) is 17.2 Å². The van der Waals surface area contributed by atoms with Gasteiger partial charge in [-0.2, -0.15) is 0 Å². The van der Waals surface area contributed by atoms with E-state index in [2.05, 4.69) is 0 Å². The van der Waals surface area contributed by atoms with E-state index >= 15 is 0 Å². The Bertz CT molecular complexity index is 1040. The van der Waals surface area contributed by atoms with Crippen LogP contribution >= 0.6 is 0 Å². The van der Waals surface area contributed by atoms with E-state index in [1.54, 1.807) is 0 Å². The average Bonchev–Trinajstić information content (AvgIpc) is 3.02. The monoisotopic (exact) mass is 395 g/mol. The molecule has 1 aliphatic heterocycles. The molecule has 0 aromatic heterocycles. The van der Waals surface area contributed by atoms with Crippen LogP contribution < -0.4 is 14.8 Å². The number of fused-ring (bicyclic) bond motifs is 1. The van der Waals surface area contributed by atoms with Crippen molar-refractivity contribution in [3.8, 4) is 5.75 Å². The molecule has 0 unspecified atom stereocenters. The Morgan fingerprint density at radius 3 is 2.70 bits per heavy atom. The summed E-state index contributed by atoms with van der Waals surface area (Å²) < 4.78 is 41.3. The van der Waals surface area contributed by atoms with Crippen molar-refractivity contribution in [3.05, 3.63) is 57.9 Å². The van der Waals surface area contributed by atoms with Crippen LogP contribution in [0, 0.1) is 15.9 Å². The predicted molar refractivity (Wildman–Crippen MR) is 92.4 cm³/mol. The number of sulfonamides is 1. The summed E-state index contributed by atoms with van der Waals surface area (Å²) >= 11 is 0. The number of nitro groups is 1. The van der Waals surface area contributed by atoms with E-state index < -0.39 is 39.0 Å². The second-order valence-corrected chi connectivity index (χ2v) is 7.35. The maximum Gasteiger partial charge on any atom is 0.311 e. The van der Waals surface area contributed by atoms with Gasteiger partial charge in [0, 0.05) is 24.4 Å². The summed E-state index contributed by atoms with van der Waals surface area (Å²) in [6.07, 6.45) is 0.421. The number of hydrogen-bond donors (Lipinski definition) is 1. The van der Waals surface area contributed by atoms with Crippen LogP contribution in [0.1, 0.15) is 5.56 Å². The van der Waals surface area contributed by atoms with Crippen molar-refractivity contribution in [2.45, 2.75) is 11.3 Å². The van der Waals surface area contributed by atoms with Gasteiger partial charge in [0.25, 0.3) is 5.91 Å². The molecule has 0 saturated heterocycles. The molecular formula is C16H14FN3O6S. The number of anilines is 1. The van der Waals surface area contributed by atoms with Crippen molar-refractivity contribution >= 4 is 27.3 Å². The average molecular weight is 395 g/mol. The van der Waals surface area contributed by atoms with Crippen molar-refractivity contribution in [1.82, 2.24) is 0 Å². The molecule has 0 radical (unpaired) electrons. The molecule has 27 heavy (non-hydrogen) atoms. The number of primary sulfonamides is 1. The molecule has 2 N–H and O–H groups in total. The summed E-state index contributed by atoms with van der Waals surface area (Å²) in [7, 11) is -3.85. The fourth-order valence-electron chi connectivity index (χ4n) is 2.79. The van der Waals surface area contributed by atoms with Gasteiger partial charge in [0.05, 0.1) is 9.82 Å². The van der Waals surface area contributed by atoms with Crippen molar-refractivity contribution in [3.63, 3.8) is 0 Å². The lowest BCUT2D eigenvalue weighted by molar-refractivity contribution is -0.385. The zero-order chi connectivity index (χ0) is 19.8. The maximum absolute atomic E-state index is 13.3. The van der Waals surface area contributed by atoms with E-state index in [1.807, 2.05) is 0 Å². The third-order valence-electron chi connectivity index (χ3n) is 4.05. The van der Waals surface area contributed by atoms with Crippen LogP contribution in [-0.4, -0.2) is 32.4 Å². The van der Waals surface area contributed by atoms with Crippen LogP contribution in [0.4, 0.5) is 15.8 Å². The fraction of sp³-hybridized carbons (Fsp3) is 0.188. The summed E-state index contributed by atoms with van der Waals surface area (Å²) in [5, 5.41) is 16.1. The largest absolute Gasteiger partial charge is 0.477 e. The number of hydrogen-bond acceptors (Lipinski definition) is 6. The number of carbonyl (C=O) groups is 1. The minimum absolute atomic E-state index is 0.0535. The van der Waals surface area contributed by atoms with Gasteiger partial charge in [-0.15, -0.1) is 0 Å². The van der Waals surface area contributed by atoms with Crippen LogP contribution in [0.25, 0.3) is 0 Å². The standard InChI is InChI=1S/C16H14FN3O6S/c17-11-1-3-14(20(22)23)15(8-11)26-9-16(21)19-6-5-10-7-12(27(18,24)25)2-4-13(10)19/h1-4,7-8H,5-6,9H2,(H2,18,24,25). The number of nitro benzene ring substituents is 1. The number of rotatable bonds is 5. The molecule has 11 heteroatoms. The molecule has 0 saturated carbocycles. The van der Waals surface area contributed by atoms with Gasteiger partial charge < -0.3 is 9.64 Å². The smallest absolute Gasteiger partial charge is 0.311 e. The molecule has 1 heterocycles. The van der Waals surface area contributed by atoms with E-state index in [0.29, 0.717) is 17.7 Å². The van der Waals surface area contributed by atoms with Crippen molar-refractivity contribution in [1.29, 1.82) is 0 Å². The number of ether oxygens (including phenoxy) is 1. The predicted octanol–water partition coefficient (Wildman–Crippen LogP) is 1.35. The Balaban J connectivity index is 1.77. The normalized spacial score (nSPS) is 13.3. The summed E-state index contributed by atoms with van der Waals surface area (Å²) in [5.74, 6) is -1.59. The third kappa shape index (κ3) is 3.88. The Morgan fingerprint density at radius 1 is 1.30 bits per heavy atom. The number of benzene rings is 2. The molecule has 2 aromatic rings. The van der Waals surface area contributed by atoms with Crippen LogP contribution in [0.15, 0.2) is 41.3 Å². The van der Waals surface area contributed by atoms with Crippen LogP contribution in [0.3, 0.4) is 0 Å². The fourth-order valence-corrected chi connectivity index (χ4v) is 3.35. The van der Waals surface area contributed by atoms with Gasteiger partial charge in [0.15, 0.2) is 6.61 Å². The lowest BCUT2D eigenvalue weighted by Crippen LogP contribution is -2.33. The minimum atomic E-state index is -3.85. The number of carbonyl (C=O) groups excluding carboxylic acids is 1. The summed E-state index contributed by atoms with van der Waals surface area (Å²) in [4.78, 5) is 24.0. The first kappa shape index (κ1) is 18.7. The molecule has 9 nitrogen and oxygen atoms in total. The van der Waals surface area contributed by atoms with Crippen LogP contribution in [-0.2, 0) is 21.2 Å². The highest BCUT2D eigenvalue weighted by atomic mass is 32.2. The summed E-state index contributed by atoms with van der Waals surface area (Å²) in [6.45, 7) is -0.252. The zero-order valence-corrected chi connectivity index (χ0v) is 14.6. The van der Waals surface area contributed by atoms with Gasteiger partial charge in [0.1, 0.15) is 5.82 Å². The first-order valence-corrected chi connectivity index (χ1v) is 9.24. The Labute approximate surface area is 153 Å². The quantitative estimate of drug-likeness (QED) is 0.600. The Kier molecular flexibility index (Phi) is 4.81. The van der Waals surface area contributed by atoms with E-state index in [0.717, 1.165) is 18.2 Å². The first-order valence-electron chi connectivity index (χ1n) is 7.69. The van der Waals surface area contributed by atoms with Crippen molar-refractivity contribution < 1.29 is 27.3 Å². The first-order chi connectivity index (χ1) is 12.7. The molecule has 0 bridgehead atoms. The lowest BCUT2D eigenvalue weighted by atomic mass is 10.2. The third-order valence-corrected chi connectivity index (χ3v) is 4.96. The van der Waals surface area contributed by atoms with Gasteiger partial charge in [-0.25, -0.2) is 17.9 Å². The second kappa shape index (κ2) is 6.93. The minimum Gasteiger partial charge on any atom is -0.477 e. The van der Waals surface area contributed by atoms with Crippen molar-refractivity contribution in [2.75, 3.05) is 18.1 Å². The Hall–Kier alpha value is -3.05. The summed E-state index contributed by atoms with van der Waals surface area (Å²) in [5.41, 5.74) is 0.681. The van der Waals surface area contributed by atoms with E-state index in [9.17, 15) is 27.7 Å². The van der Waals surface area contributed by atoms with E-state index in [4.69, 9.17) is 9.88 Å². The molecule has 0 atom stereocenters. The van der Waals surface area contributed by atoms with Gasteiger partial charge in [-0.3, -0.25) is 14.9 Å². The van der Waals surface area contributed by atoms with Gasteiger partial charge in [-0.05, 0) is 36.2 Å². The molecule has 142 valence electrons. The highest BCUT2D eigenvalue weighted by Gasteiger charge is 2.27. The van der Waals surface area contributed by atoms with Crippen LogP contribution in [0.5, 0.6) is 5.75 Å². The summed E-state index contributed by atoms with van der Waals surface area (Å²) in [6, 6.07) is 6.86. The number of nitrogens with two attached hydrogens (primary N) is 1. The zero-order valence-electron chi connectivity index (χ0n) is 13.8. The van der Waals surface area contributed by atoms with Crippen molar-refractivity contribution in [2.24, 2.45) is 5.14 Å². The molecular weight excluding hydrogens is 381 g/mol. The SMILES string of the molecule is NS(=O)(=O)c1ccc2c(c1)CCN2C(=O)COc1cc(F)ccc1[N+](=O)[O-]. The molecule has 1 amide bonds. The maximum atomic E-state index is 13.3. The molecule has 2 aromatic carbocycles. The highest BCUT2D eigenvalue weighted by Crippen LogP contribution is 2.31. The molecule has 3 rings (SSSR count).